The van der Waals surface area contributed by atoms with Gasteiger partial charge in [-0.1, -0.05) is 0 Å². The molecule has 1 aromatic rings. The molecule has 1 aromatic heterocycles. The molecular formula is C15H26N4OS. The molecule has 6 heteroatoms. The third kappa shape index (κ3) is 5.73. The van der Waals surface area contributed by atoms with Crippen LogP contribution in [0.2, 0.25) is 0 Å². The molecule has 1 aliphatic rings. The van der Waals surface area contributed by atoms with Gasteiger partial charge >= 0.3 is 0 Å². The molecule has 1 aliphatic heterocycles. The number of carbonyl (C=O) groups excluding carboxylic acids is 1. The molecule has 118 valence electrons. The summed E-state index contributed by atoms with van der Waals surface area (Å²) in [4.78, 5) is 18.6. The van der Waals surface area contributed by atoms with E-state index >= 15 is 0 Å². The van der Waals surface area contributed by atoms with Crippen molar-refractivity contribution in [1.29, 1.82) is 0 Å². The highest BCUT2D eigenvalue weighted by Gasteiger charge is 2.20. The number of hydrogen-bond acceptors (Lipinski definition) is 5. The second-order valence-electron chi connectivity index (χ2n) is 6.06. The smallest absolute Gasteiger partial charge is 0.221 e. The number of rotatable bonds is 6. The van der Waals surface area contributed by atoms with Crippen LogP contribution in [-0.4, -0.2) is 41.5 Å². The molecule has 21 heavy (non-hydrogen) atoms. The average Bonchev–Trinajstić information content (AvgIpc) is 2.83. The minimum atomic E-state index is -0.0617. The molecule has 0 aromatic carbocycles. The number of aromatic nitrogens is 1. The minimum Gasteiger partial charge on any atom is -0.356 e. The topological polar surface area (TPSA) is 71.2 Å². The van der Waals surface area contributed by atoms with Crippen molar-refractivity contribution in [2.24, 2.45) is 11.7 Å². The van der Waals surface area contributed by atoms with Crippen molar-refractivity contribution < 1.29 is 4.79 Å². The van der Waals surface area contributed by atoms with E-state index in [2.05, 4.69) is 20.6 Å². The maximum absolute atomic E-state index is 11.6. The Labute approximate surface area is 130 Å². The number of hydrogen-bond donors (Lipinski definition) is 2. The third-order valence-electron chi connectivity index (χ3n) is 3.85. The lowest BCUT2D eigenvalue weighted by atomic mass is 9.96. The van der Waals surface area contributed by atoms with Crippen molar-refractivity contribution in [1.82, 2.24) is 15.2 Å². The van der Waals surface area contributed by atoms with Crippen LogP contribution >= 0.6 is 11.3 Å². The average molecular weight is 310 g/mol. The number of likely N-dealkylation sites (tertiary alicyclic amines) is 1. The molecule has 0 aliphatic carbocycles. The van der Waals surface area contributed by atoms with E-state index < -0.39 is 0 Å². The third-order valence-corrected chi connectivity index (χ3v) is 4.68. The Morgan fingerprint density at radius 1 is 1.57 bits per heavy atom. The number of thiazole rings is 1. The van der Waals surface area contributed by atoms with Crippen molar-refractivity contribution in [2.75, 3.05) is 19.6 Å². The number of aryl methyl sites for hydroxylation is 1. The van der Waals surface area contributed by atoms with E-state index in [9.17, 15) is 4.79 Å². The second-order valence-corrected chi connectivity index (χ2v) is 7.13. The van der Waals surface area contributed by atoms with E-state index in [0.717, 1.165) is 44.0 Å². The van der Waals surface area contributed by atoms with Gasteiger partial charge in [0.15, 0.2) is 0 Å². The van der Waals surface area contributed by atoms with Gasteiger partial charge in [-0.3, -0.25) is 9.69 Å². The van der Waals surface area contributed by atoms with E-state index in [-0.39, 0.29) is 11.9 Å². The van der Waals surface area contributed by atoms with E-state index in [1.807, 2.05) is 13.8 Å². The summed E-state index contributed by atoms with van der Waals surface area (Å²) in [5.41, 5.74) is 6.80. The van der Waals surface area contributed by atoms with Crippen LogP contribution in [0, 0.1) is 12.8 Å². The molecule has 1 fully saturated rings. The largest absolute Gasteiger partial charge is 0.356 e. The Kier molecular flexibility index (Phi) is 6.14. The lowest BCUT2D eigenvalue weighted by molar-refractivity contribution is -0.121. The summed E-state index contributed by atoms with van der Waals surface area (Å²) in [6, 6.07) is -0.0617. The molecule has 5 nitrogen and oxygen atoms in total. The van der Waals surface area contributed by atoms with Gasteiger partial charge in [0, 0.05) is 30.9 Å². The number of carbonyl (C=O) groups is 1. The Morgan fingerprint density at radius 3 is 2.86 bits per heavy atom. The van der Waals surface area contributed by atoms with Crippen LogP contribution in [0.25, 0.3) is 0 Å². The Morgan fingerprint density at radius 2 is 2.29 bits per heavy atom. The van der Waals surface area contributed by atoms with Crippen LogP contribution in [0.4, 0.5) is 0 Å². The number of nitrogens with one attached hydrogen (secondary N) is 1. The first-order valence-electron chi connectivity index (χ1n) is 7.68. The first kappa shape index (κ1) is 16.4. The van der Waals surface area contributed by atoms with Gasteiger partial charge in [0.2, 0.25) is 5.91 Å². The van der Waals surface area contributed by atoms with E-state index in [4.69, 9.17) is 5.73 Å². The predicted molar refractivity (Wildman–Crippen MR) is 86.1 cm³/mol. The standard InChI is InChI=1S/C15H26N4OS/c1-11(16)7-15(20)17-8-13-3-5-19(6-4-13)9-14-10-21-12(2)18-14/h10-11,13H,3-9,16H2,1-2H3,(H,17,20). The van der Waals surface area contributed by atoms with Crippen molar-refractivity contribution >= 4 is 17.2 Å². The molecule has 1 atom stereocenters. The quantitative estimate of drug-likeness (QED) is 0.835. The summed E-state index contributed by atoms with van der Waals surface area (Å²) >= 11 is 1.71. The van der Waals surface area contributed by atoms with Crippen molar-refractivity contribution in [2.45, 2.75) is 45.7 Å². The molecular weight excluding hydrogens is 284 g/mol. The number of amides is 1. The molecule has 2 rings (SSSR count). The first-order valence-corrected chi connectivity index (χ1v) is 8.56. The normalized spacial score (nSPS) is 18.6. The zero-order valence-corrected chi connectivity index (χ0v) is 13.8. The summed E-state index contributed by atoms with van der Waals surface area (Å²) in [5, 5.41) is 6.29. The lowest BCUT2D eigenvalue weighted by Crippen LogP contribution is -2.39. The number of nitrogens with zero attached hydrogens (tertiary/aromatic N) is 2. The van der Waals surface area contributed by atoms with Gasteiger partial charge in [-0.2, -0.15) is 0 Å². The van der Waals surface area contributed by atoms with Crippen LogP contribution in [0.5, 0.6) is 0 Å². The van der Waals surface area contributed by atoms with Gasteiger partial charge in [0.1, 0.15) is 0 Å². The van der Waals surface area contributed by atoms with E-state index in [0.29, 0.717) is 12.3 Å². The van der Waals surface area contributed by atoms with Crippen LogP contribution in [0.15, 0.2) is 5.38 Å². The molecule has 0 spiro atoms. The highest BCUT2D eigenvalue weighted by molar-refractivity contribution is 7.09. The highest BCUT2D eigenvalue weighted by atomic mass is 32.1. The molecule has 0 saturated carbocycles. The zero-order valence-electron chi connectivity index (χ0n) is 13.0. The van der Waals surface area contributed by atoms with E-state index in [1.54, 1.807) is 11.3 Å². The van der Waals surface area contributed by atoms with Gasteiger partial charge < -0.3 is 11.1 Å². The maximum Gasteiger partial charge on any atom is 0.221 e. The van der Waals surface area contributed by atoms with Crippen LogP contribution in [0.1, 0.15) is 36.9 Å². The van der Waals surface area contributed by atoms with Crippen LogP contribution in [-0.2, 0) is 11.3 Å². The SMILES string of the molecule is Cc1nc(CN2CCC(CNC(=O)CC(C)N)CC2)cs1. The van der Waals surface area contributed by atoms with Gasteiger partial charge in [-0.15, -0.1) is 11.3 Å². The summed E-state index contributed by atoms with van der Waals surface area (Å²) in [5.74, 6) is 0.667. The molecule has 0 radical (unpaired) electrons. The van der Waals surface area contributed by atoms with Crippen LogP contribution < -0.4 is 11.1 Å². The summed E-state index contributed by atoms with van der Waals surface area (Å²) in [6.07, 6.45) is 2.70. The monoisotopic (exact) mass is 310 g/mol. The summed E-state index contributed by atoms with van der Waals surface area (Å²) in [7, 11) is 0. The predicted octanol–water partition coefficient (Wildman–Crippen LogP) is 1.52. The summed E-state index contributed by atoms with van der Waals surface area (Å²) in [6.45, 7) is 7.82. The minimum absolute atomic E-state index is 0.0617. The van der Waals surface area contributed by atoms with Gasteiger partial charge in [-0.25, -0.2) is 4.98 Å². The molecule has 2 heterocycles. The number of nitrogens with two attached hydrogens (primary N) is 1. The lowest BCUT2D eigenvalue weighted by Gasteiger charge is -2.31. The molecule has 1 saturated heterocycles. The van der Waals surface area contributed by atoms with Gasteiger partial charge in [0.25, 0.3) is 0 Å². The van der Waals surface area contributed by atoms with Crippen molar-refractivity contribution in [3.05, 3.63) is 16.1 Å². The van der Waals surface area contributed by atoms with Gasteiger partial charge in [-0.05, 0) is 45.7 Å². The zero-order chi connectivity index (χ0) is 15.2. The van der Waals surface area contributed by atoms with Crippen molar-refractivity contribution in [3.63, 3.8) is 0 Å². The maximum atomic E-state index is 11.6. The summed E-state index contributed by atoms with van der Waals surface area (Å²) < 4.78 is 0. The fourth-order valence-electron chi connectivity index (χ4n) is 2.68. The Hall–Kier alpha value is -0.980. The Bertz CT molecular complexity index is 452. The van der Waals surface area contributed by atoms with E-state index in [1.165, 1.54) is 5.69 Å². The Balaban J connectivity index is 1.65. The molecule has 1 unspecified atom stereocenters. The molecule has 0 bridgehead atoms. The molecule has 1 amide bonds. The molecule has 3 N–H and O–H groups in total. The van der Waals surface area contributed by atoms with Crippen molar-refractivity contribution in [3.8, 4) is 0 Å². The highest BCUT2D eigenvalue weighted by Crippen LogP contribution is 2.19. The van der Waals surface area contributed by atoms with Gasteiger partial charge in [0.05, 0.1) is 10.7 Å². The second kappa shape index (κ2) is 7.87. The number of piperidine rings is 1. The fourth-order valence-corrected chi connectivity index (χ4v) is 3.29. The van der Waals surface area contributed by atoms with Crippen LogP contribution in [0.3, 0.4) is 0 Å². The fraction of sp³-hybridized carbons (Fsp3) is 0.733. The first-order chi connectivity index (χ1) is 10.0.